The Hall–Kier alpha value is -0.650. The maximum Gasteiger partial charge on any atom is 0.221 e. The van der Waals surface area contributed by atoms with Crippen LogP contribution < -0.4 is 11.1 Å². The van der Waals surface area contributed by atoms with Gasteiger partial charge >= 0.3 is 0 Å². The minimum atomic E-state index is 0.126. The molecule has 1 amide bonds. The summed E-state index contributed by atoms with van der Waals surface area (Å²) in [5, 5.41) is 2.91. The van der Waals surface area contributed by atoms with Gasteiger partial charge in [-0.2, -0.15) is 0 Å². The predicted molar refractivity (Wildman–Crippen MR) is 69.8 cm³/mol. The van der Waals surface area contributed by atoms with Crippen molar-refractivity contribution in [3.8, 4) is 0 Å². The molecular formula is C12H26N4O. The van der Waals surface area contributed by atoms with Crippen molar-refractivity contribution >= 4 is 5.91 Å². The number of likely N-dealkylation sites (N-methyl/N-ethyl adjacent to an activating group) is 1. The van der Waals surface area contributed by atoms with Gasteiger partial charge < -0.3 is 16.0 Å². The average Bonchev–Trinajstić information content (AvgIpc) is 2.34. The lowest BCUT2D eigenvalue weighted by molar-refractivity contribution is -0.122. The predicted octanol–water partition coefficient (Wildman–Crippen LogP) is -0.523. The standard InChI is InChI=1S/C12H26N4O/c1-3-4-14-12(17)9-11(10-13)16-7-5-15(2)6-8-16/h11H,3-10,13H2,1-2H3,(H,14,17). The fourth-order valence-electron chi connectivity index (χ4n) is 2.10. The number of hydrogen-bond donors (Lipinski definition) is 2. The van der Waals surface area contributed by atoms with Gasteiger partial charge in [0.05, 0.1) is 0 Å². The second-order valence-corrected chi connectivity index (χ2v) is 4.78. The van der Waals surface area contributed by atoms with Crippen LogP contribution in [0.15, 0.2) is 0 Å². The third kappa shape index (κ3) is 5.02. The summed E-state index contributed by atoms with van der Waals surface area (Å²) < 4.78 is 0. The number of piperazine rings is 1. The Kier molecular flexibility index (Phi) is 6.47. The third-order valence-corrected chi connectivity index (χ3v) is 3.32. The van der Waals surface area contributed by atoms with E-state index in [4.69, 9.17) is 5.73 Å². The number of nitrogens with one attached hydrogen (secondary N) is 1. The highest BCUT2D eigenvalue weighted by molar-refractivity contribution is 5.76. The van der Waals surface area contributed by atoms with Crippen molar-refractivity contribution in [1.29, 1.82) is 0 Å². The first-order valence-electron chi connectivity index (χ1n) is 6.56. The van der Waals surface area contributed by atoms with Crippen molar-refractivity contribution in [3.63, 3.8) is 0 Å². The number of amides is 1. The number of carbonyl (C=O) groups is 1. The molecule has 1 heterocycles. The van der Waals surface area contributed by atoms with Crippen molar-refractivity contribution in [2.75, 3.05) is 46.3 Å². The molecule has 3 N–H and O–H groups in total. The van der Waals surface area contributed by atoms with E-state index in [1.807, 2.05) is 0 Å². The molecule has 0 saturated carbocycles. The number of nitrogens with two attached hydrogens (primary N) is 1. The van der Waals surface area contributed by atoms with E-state index in [1.54, 1.807) is 0 Å². The van der Waals surface area contributed by atoms with E-state index < -0.39 is 0 Å². The van der Waals surface area contributed by atoms with E-state index in [1.165, 1.54) is 0 Å². The first-order chi connectivity index (χ1) is 8.17. The minimum Gasteiger partial charge on any atom is -0.356 e. The average molecular weight is 242 g/mol. The summed E-state index contributed by atoms with van der Waals surface area (Å²) in [7, 11) is 2.13. The van der Waals surface area contributed by atoms with Crippen molar-refractivity contribution in [2.45, 2.75) is 25.8 Å². The molecule has 17 heavy (non-hydrogen) atoms. The molecule has 0 aliphatic carbocycles. The summed E-state index contributed by atoms with van der Waals surface area (Å²) in [6, 6.07) is 0.195. The van der Waals surface area contributed by atoms with E-state index in [-0.39, 0.29) is 11.9 Å². The third-order valence-electron chi connectivity index (χ3n) is 3.32. The molecule has 1 atom stereocenters. The second-order valence-electron chi connectivity index (χ2n) is 4.78. The Bertz CT molecular complexity index is 227. The summed E-state index contributed by atoms with van der Waals surface area (Å²) in [6.45, 7) is 7.53. The van der Waals surface area contributed by atoms with Crippen LogP contribution in [0.4, 0.5) is 0 Å². The fourth-order valence-corrected chi connectivity index (χ4v) is 2.10. The zero-order valence-corrected chi connectivity index (χ0v) is 11.1. The van der Waals surface area contributed by atoms with Crippen LogP contribution in [0.2, 0.25) is 0 Å². The summed E-state index contributed by atoms with van der Waals surface area (Å²) in [5.74, 6) is 0.126. The Balaban J connectivity index is 2.34. The molecule has 5 nitrogen and oxygen atoms in total. The van der Waals surface area contributed by atoms with E-state index in [9.17, 15) is 4.79 Å². The maximum absolute atomic E-state index is 11.7. The molecule has 5 heteroatoms. The van der Waals surface area contributed by atoms with Gasteiger partial charge in [0.15, 0.2) is 0 Å². The molecule has 0 spiro atoms. The number of nitrogens with zero attached hydrogens (tertiary/aromatic N) is 2. The summed E-state index contributed by atoms with van der Waals surface area (Å²) in [5.41, 5.74) is 5.78. The molecule has 1 rings (SSSR count). The molecular weight excluding hydrogens is 216 g/mol. The fraction of sp³-hybridized carbons (Fsp3) is 0.917. The number of hydrogen-bond acceptors (Lipinski definition) is 4. The van der Waals surface area contributed by atoms with Gasteiger partial charge in [-0.15, -0.1) is 0 Å². The molecule has 0 aromatic carbocycles. The van der Waals surface area contributed by atoms with E-state index >= 15 is 0 Å². The van der Waals surface area contributed by atoms with Gasteiger partial charge in [-0.1, -0.05) is 6.92 Å². The van der Waals surface area contributed by atoms with Crippen LogP contribution in [-0.4, -0.2) is 68.1 Å². The molecule has 0 aromatic rings. The molecule has 1 unspecified atom stereocenters. The Morgan fingerprint density at radius 1 is 1.35 bits per heavy atom. The van der Waals surface area contributed by atoms with Crippen LogP contribution in [0.25, 0.3) is 0 Å². The van der Waals surface area contributed by atoms with Crippen molar-refractivity contribution in [3.05, 3.63) is 0 Å². The van der Waals surface area contributed by atoms with Gasteiger partial charge in [-0.25, -0.2) is 0 Å². The minimum absolute atomic E-state index is 0.126. The molecule has 0 aromatic heterocycles. The number of carbonyl (C=O) groups excluding carboxylic acids is 1. The largest absolute Gasteiger partial charge is 0.356 e. The molecule has 1 saturated heterocycles. The summed E-state index contributed by atoms with van der Waals surface area (Å²) in [6.07, 6.45) is 1.51. The lowest BCUT2D eigenvalue weighted by Crippen LogP contribution is -2.52. The first kappa shape index (κ1) is 14.4. The SMILES string of the molecule is CCCNC(=O)CC(CN)N1CCN(C)CC1. The van der Waals surface area contributed by atoms with Crippen LogP contribution in [0.1, 0.15) is 19.8 Å². The second kappa shape index (κ2) is 7.63. The van der Waals surface area contributed by atoms with Crippen LogP contribution in [0.3, 0.4) is 0 Å². The molecule has 1 aliphatic heterocycles. The van der Waals surface area contributed by atoms with Crippen LogP contribution in [-0.2, 0) is 4.79 Å². The highest BCUT2D eigenvalue weighted by atomic mass is 16.1. The highest BCUT2D eigenvalue weighted by Gasteiger charge is 2.23. The Morgan fingerprint density at radius 3 is 2.53 bits per heavy atom. The van der Waals surface area contributed by atoms with Gasteiger partial charge in [0.25, 0.3) is 0 Å². The normalized spacial score (nSPS) is 20.2. The van der Waals surface area contributed by atoms with Gasteiger partial charge in [0.1, 0.15) is 0 Å². The smallest absolute Gasteiger partial charge is 0.221 e. The monoisotopic (exact) mass is 242 g/mol. The lowest BCUT2D eigenvalue weighted by atomic mass is 10.1. The first-order valence-corrected chi connectivity index (χ1v) is 6.56. The van der Waals surface area contributed by atoms with Crippen molar-refractivity contribution in [1.82, 2.24) is 15.1 Å². The van der Waals surface area contributed by atoms with Gasteiger partial charge in [-0.05, 0) is 13.5 Å². The number of rotatable bonds is 6. The Labute approximate surface area is 104 Å². The topological polar surface area (TPSA) is 61.6 Å². The summed E-state index contributed by atoms with van der Waals surface area (Å²) >= 11 is 0. The summed E-state index contributed by atoms with van der Waals surface area (Å²) in [4.78, 5) is 16.3. The zero-order valence-electron chi connectivity index (χ0n) is 11.1. The molecule has 100 valence electrons. The van der Waals surface area contributed by atoms with Crippen LogP contribution in [0, 0.1) is 0 Å². The van der Waals surface area contributed by atoms with Gasteiger partial charge in [0, 0.05) is 51.7 Å². The van der Waals surface area contributed by atoms with E-state index in [0.717, 1.165) is 39.1 Å². The lowest BCUT2D eigenvalue weighted by Gasteiger charge is -2.37. The van der Waals surface area contributed by atoms with Gasteiger partial charge in [-0.3, -0.25) is 9.69 Å². The van der Waals surface area contributed by atoms with Gasteiger partial charge in [0.2, 0.25) is 5.91 Å². The van der Waals surface area contributed by atoms with E-state index in [0.29, 0.717) is 13.0 Å². The maximum atomic E-state index is 11.7. The molecule has 1 aliphatic rings. The Morgan fingerprint density at radius 2 is 2.00 bits per heavy atom. The highest BCUT2D eigenvalue weighted by Crippen LogP contribution is 2.07. The van der Waals surface area contributed by atoms with Crippen molar-refractivity contribution in [2.24, 2.45) is 5.73 Å². The molecule has 0 radical (unpaired) electrons. The van der Waals surface area contributed by atoms with E-state index in [2.05, 4.69) is 29.1 Å². The van der Waals surface area contributed by atoms with Crippen LogP contribution >= 0.6 is 0 Å². The van der Waals surface area contributed by atoms with Crippen LogP contribution in [0.5, 0.6) is 0 Å². The molecule has 0 bridgehead atoms. The quantitative estimate of drug-likeness (QED) is 0.658. The van der Waals surface area contributed by atoms with Crippen molar-refractivity contribution < 1.29 is 4.79 Å². The molecule has 1 fully saturated rings. The zero-order chi connectivity index (χ0) is 12.7.